The molecule has 4 nitrogen and oxygen atoms in total. The van der Waals surface area contributed by atoms with Gasteiger partial charge in [-0.1, -0.05) is 37.6 Å². The van der Waals surface area contributed by atoms with Gasteiger partial charge in [-0.3, -0.25) is 4.79 Å². The first kappa shape index (κ1) is 28.7. The van der Waals surface area contributed by atoms with E-state index < -0.39 is 5.82 Å². The summed E-state index contributed by atoms with van der Waals surface area (Å²) < 4.78 is 26.3. The number of benzene rings is 2. The Bertz CT molecular complexity index is 997. The fraction of sp³-hybridized carbons (Fsp3) is 0.483. The van der Waals surface area contributed by atoms with Crippen LogP contribution in [0.3, 0.4) is 0 Å². The Morgan fingerprint density at radius 1 is 1.03 bits per heavy atom. The first-order valence-electron chi connectivity index (χ1n) is 12.4. The van der Waals surface area contributed by atoms with Crippen LogP contribution >= 0.6 is 11.6 Å². The predicted molar refractivity (Wildman–Crippen MR) is 143 cm³/mol. The van der Waals surface area contributed by atoms with Crippen LogP contribution in [0.4, 0.5) is 4.39 Å². The van der Waals surface area contributed by atoms with Gasteiger partial charge in [-0.15, -0.1) is 0 Å². The van der Waals surface area contributed by atoms with Crippen molar-refractivity contribution in [3.05, 3.63) is 64.4 Å². The van der Waals surface area contributed by atoms with Gasteiger partial charge in [-0.2, -0.15) is 0 Å². The number of carbonyl (C=O) groups is 1. The van der Waals surface area contributed by atoms with E-state index in [0.717, 1.165) is 49.2 Å². The van der Waals surface area contributed by atoms with E-state index in [2.05, 4.69) is 52.9 Å². The van der Waals surface area contributed by atoms with Gasteiger partial charge in [0.05, 0.1) is 5.02 Å². The standard InChI is InChI=1S/C29H39ClFNO3/c1-7-28(3,4)34-22-16-15-21(26(20-22)35-29(5,6)8-2)12-9-10-19-32-27(33)18-17-23-24(30)13-11-14-25(23)31/h11,13-18,20H,7-10,12,19H2,1-6H3,(H,32,33). The molecule has 0 bridgehead atoms. The van der Waals surface area contributed by atoms with Crippen LogP contribution < -0.4 is 14.8 Å². The Balaban J connectivity index is 1.93. The summed E-state index contributed by atoms with van der Waals surface area (Å²) >= 11 is 5.99. The summed E-state index contributed by atoms with van der Waals surface area (Å²) in [4.78, 5) is 12.1. The van der Waals surface area contributed by atoms with Crippen molar-refractivity contribution in [3.8, 4) is 11.5 Å². The molecule has 2 aromatic carbocycles. The fourth-order valence-electron chi connectivity index (χ4n) is 3.20. The molecule has 0 saturated heterocycles. The zero-order valence-electron chi connectivity index (χ0n) is 21.8. The SMILES string of the molecule is CCC(C)(C)Oc1ccc(CCCCNC(=O)C=Cc2c(F)cccc2Cl)c(OC(C)(C)CC)c1. The van der Waals surface area contributed by atoms with Crippen LogP contribution in [0.2, 0.25) is 5.02 Å². The van der Waals surface area contributed by atoms with Crippen molar-refractivity contribution in [2.75, 3.05) is 6.54 Å². The number of hydrogen-bond acceptors (Lipinski definition) is 3. The van der Waals surface area contributed by atoms with E-state index in [1.165, 1.54) is 24.3 Å². The van der Waals surface area contributed by atoms with E-state index in [1.807, 2.05) is 12.1 Å². The minimum Gasteiger partial charge on any atom is -0.488 e. The number of hydrogen-bond donors (Lipinski definition) is 1. The van der Waals surface area contributed by atoms with Gasteiger partial charge in [-0.25, -0.2) is 4.39 Å². The number of ether oxygens (including phenoxy) is 2. The molecule has 0 spiro atoms. The lowest BCUT2D eigenvalue weighted by Crippen LogP contribution is -2.28. The molecule has 6 heteroatoms. The van der Waals surface area contributed by atoms with Gasteiger partial charge in [0.15, 0.2) is 0 Å². The van der Waals surface area contributed by atoms with Gasteiger partial charge in [-0.05, 0) is 89.6 Å². The second-order valence-corrected chi connectivity index (χ2v) is 10.3. The second-order valence-electron chi connectivity index (χ2n) is 9.92. The molecular weight excluding hydrogens is 465 g/mol. The molecule has 2 aromatic rings. The Labute approximate surface area is 214 Å². The molecule has 0 fully saturated rings. The van der Waals surface area contributed by atoms with Gasteiger partial charge in [0, 0.05) is 24.3 Å². The highest BCUT2D eigenvalue weighted by atomic mass is 35.5. The molecule has 1 N–H and O–H groups in total. The number of carbonyl (C=O) groups excluding carboxylic acids is 1. The van der Waals surface area contributed by atoms with Gasteiger partial charge in [0.1, 0.15) is 28.5 Å². The zero-order chi connectivity index (χ0) is 26.1. The van der Waals surface area contributed by atoms with Gasteiger partial charge in [0.2, 0.25) is 5.91 Å². The van der Waals surface area contributed by atoms with E-state index in [-0.39, 0.29) is 27.7 Å². The van der Waals surface area contributed by atoms with E-state index in [1.54, 1.807) is 6.07 Å². The average molecular weight is 504 g/mol. The summed E-state index contributed by atoms with van der Waals surface area (Å²) in [6.45, 7) is 13.1. The van der Waals surface area contributed by atoms with Crippen molar-refractivity contribution in [3.63, 3.8) is 0 Å². The summed E-state index contributed by atoms with van der Waals surface area (Å²) in [5.41, 5.74) is 0.800. The topological polar surface area (TPSA) is 47.6 Å². The molecule has 0 aliphatic carbocycles. The average Bonchev–Trinajstić information content (AvgIpc) is 2.79. The van der Waals surface area contributed by atoms with E-state index >= 15 is 0 Å². The lowest BCUT2D eigenvalue weighted by atomic mass is 10.0. The number of rotatable bonds is 13. The Hall–Kier alpha value is -2.53. The monoisotopic (exact) mass is 503 g/mol. The van der Waals surface area contributed by atoms with E-state index in [0.29, 0.717) is 6.54 Å². The van der Waals surface area contributed by atoms with Crippen LogP contribution in [0.25, 0.3) is 6.08 Å². The molecule has 0 saturated carbocycles. The Morgan fingerprint density at radius 2 is 1.71 bits per heavy atom. The molecule has 0 aliphatic rings. The number of nitrogens with one attached hydrogen (secondary N) is 1. The van der Waals surface area contributed by atoms with Crippen molar-refractivity contribution >= 4 is 23.6 Å². The van der Waals surface area contributed by atoms with Crippen LogP contribution in [-0.4, -0.2) is 23.7 Å². The number of unbranched alkanes of at least 4 members (excludes halogenated alkanes) is 1. The third-order valence-corrected chi connectivity index (χ3v) is 6.42. The molecule has 35 heavy (non-hydrogen) atoms. The maximum Gasteiger partial charge on any atom is 0.244 e. The summed E-state index contributed by atoms with van der Waals surface area (Å²) in [5.74, 6) is 0.907. The summed E-state index contributed by atoms with van der Waals surface area (Å²) in [6.07, 6.45) is 7.00. The quantitative estimate of drug-likeness (QED) is 0.224. The van der Waals surface area contributed by atoms with Crippen LogP contribution in [0.1, 0.15) is 78.4 Å². The zero-order valence-corrected chi connectivity index (χ0v) is 22.6. The molecule has 0 aliphatic heterocycles. The third-order valence-electron chi connectivity index (χ3n) is 6.10. The van der Waals surface area contributed by atoms with Crippen molar-refractivity contribution in [2.24, 2.45) is 0 Å². The van der Waals surface area contributed by atoms with Crippen molar-refractivity contribution < 1.29 is 18.7 Å². The van der Waals surface area contributed by atoms with Crippen molar-refractivity contribution in [1.82, 2.24) is 5.32 Å². The normalized spacial score (nSPS) is 12.1. The Kier molecular flexibility index (Phi) is 10.6. The first-order chi connectivity index (χ1) is 16.5. The highest BCUT2D eigenvalue weighted by molar-refractivity contribution is 6.32. The largest absolute Gasteiger partial charge is 0.488 e. The molecule has 0 atom stereocenters. The van der Waals surface area contributed by atoms with Crippen molar-refractivity contribution in [1.29, 1.82) is 0 Å². The van der Waals surface area contributed by atoms with Crippen LogP contribution in [0, 0.1) is 5.82 Å². The van der Waals surface area contributed by atoms with Gasteiger partial charge < -0.3 is 14.8 Å². The molecule has 0 radical (unpaired) electrons. The molecular formula is C29H39ClFNO3. The lowest BCUT2D eigenvalue weighted by molar-refractivity contribution is -0.116. The molecule has 0 heterocycles. The predicted octanol–water partition coefficient (Wildman–Crippen LogP) is 7.77. The maximum absolute atomic E-state index is 13.8. The maximum atomic E-state index is 13.8. The number of halogens is 2. The molecule has 2 rings (SSSR count). The Morgan fingerprint density at radius 3 is 2.37 bits per heavy atom. The lowest BCUT2D eigenvalue weighted by Gasteiger charge is -2.29. The number of aryl methyl sites for hydroxylation is 1. The molecule has 0 unspecified atom stereocenters. The van der Waals surface area contributed by atoms with Gasteiger partial charge >= 0.3 is 0 Å². The summed E-state index contributed by atoms with van der Waals surface area (Å²) in [7, 11) is 0. The second kappa shape index (κ2) is 13.0. The van der Waals surface area contributed by atoms with Crippen LogP contribution in [-0.2, 0) is 11.2 Å². The fourth-order valence-corrected chi connectivity index (χ4v) is 3.43. The van der Waals surface area contributed by atoms with E-state index in [9.17, 15) is 9.18 Å². The highest BCUT2D eigenvalue weighted by Crippen LogP contribution is 2.32. The van der Waals surface area contributed by atoms with Crippen LogP contribution in [0.15, 0.2) is 42.5 Å². The van der Waals surface area contributed by atoms with Crippen LogP contribution in [0.5, 0.6) is 11.5 Å². The van der Waals surface area contributed by atoms with E-state index in [4.69, 9.17) is 21.1 Å². The first-order valence-corrected chi connectivity index (χ1v) is 12.7. The number of amides is 1. The summed E-state index contributed by atoms with van der Waals surface area (Å²) in [6, 6.07) is 10.5. The molecule has 1 amide bonds. The molecule has 192 valence electrons. The van der Waals surface area contributed by atoms with Gasteiger partial charge in [0.25, 0.3) is 0 Å². The molecule has 0 aromatic heterocycles. The van der Waals surface area contributed by atoms with Crippen molar-refractivity contribution in [2.45, 2.75) is 84.8 Å². The smallest absolute Gasteiger partial charge is 0.244 e. The summed E-state index contributed by atoms with van der Waals surface area (Å²) in [5, 5.41) is 3.11. The highest BCUT2D eigenvalue weighted by Gasteiger charge is 2.21. The minimum atomic E-state index is -0.458. The minimum absolute atomic E-state index is 0.210. The third kappa shape index (κ3) is 9.56.